The Kier molecular flexibility index (Phi) is 6.77. The van der Waals surface area contributed by atoms with Crippen molar-refractivity contribution >= 4 is 17.9 Å². The van der Waals surface area contributed by atoms with E-state index in [1.165, 1.54) is 7.05 Å². The van der Waals surface area contributed by atoms with Crippen LogP contribution in [0.25, 0.3) is 0 Å². The van der Waals surface area contributed by atoms with Gasteiger partial charge in [0.05, 0.1) is 12.0 Å². The maximum Gasteiger partial charge on any atom is 0.315 e. The Morgan fingerprint density at radius 3 is 2.06 bits per heavy atom. The quantitative estimate of drug-likeness (QED) is 0.513. The first kappa shape index (κ1) is 16.2. The molecule has 0 spiro atoms. The second kappa shape index (κ2) is 7.52. The van der Waals surface area contributed by atoms with Gasteiger partial charge in [0.15, 0.2) is 0 Å². The standard InChI is InChI=1S/C11H21N3O4/c1-4-11(5-2,9(16)17)7-14-10(18)13-6-8(15)12-3/h4-7H2,1-3H3,(H,12,15)(H,16,17)(H2,13,14,18). The van der Waals surface area contributed by atoms with E-state index in [1.807, 2.05) is 0 Å². The molecule has 0 aromatic carbocycles. The van der Waals surface area contributed by atoms with Crippen LogP contribution in [0.1, 0.15) is 26.7 Å². The van der Waals surface area contributed by atoms with Crippen LogP contribution in [0, 0.1) is 5.41 Å². The number of nitrogens with one attached hydrogen (secondary N) is 3. The topological polar surface area (TPSA) is 108 Å². The Balaban J connectivity index is 4.24. The molecule has 0 aliphatic carbocycles. The van der Waals surface area contributed by atoms with E-state index in [1.54, 1.807) is 13.8 Å². The summed E-state index contributed by atoms with van der Waals surface area (Å²) in [6, 6.07) is -0.550. The van der Waals surface area contributed by atoms with Crippen LogP contribution < -0.4 is 16.0 Å². The number of likely N-dealkylation sites (N-methyl/N-ethyl adjacent to an activating group) is 1. The lowest BCUT2D eigenvalue weighted by Gasteiger charge is -2.26. The summed E-state index contributed by atoms with van der Waals surface area (Å²) in [6.45, 7) is 3.43. The Hall–Kier alpha value is -1.79. The van der Waals surface area contributed by atoms with E-state index in [-0.39, 0.29) is 19.0 Å². The fourth-order valence-corrected chi connectivity index (χ4v) is 1.44. The van der Waals surface area contributed by atoms with E-state index >= 15 is 0 Å². The smallest absolute Gasteiger partial charge is 0.315 e. The van der Waals surface area contributed by atoms with Gasteiger partial charge in [0, 0.05) is 13.6 Å². The van der Waals surface area contributed by atoms with Crippen molar-refractivity contribution < 1.29 is 19.5 Å². The van der Waals surface area contributed by atoms with Crippen LogP contribution in [0.5, 0.6) is 0 Å². The lowest BCUT2D eigenvalue weighted by Crippen LogP contribution is -2.47. The normalized spacial score (nSPS) is 10.6. The summed E-state index contributed by atoms with van der Waals surface area (Å²) in [7, 11) is 1.46. The van der Waals surface area contributed by atoms with Crippen LogP contribution in [0.2, 0.25) is 0 Å². The highest BCUT2D eigenvalue weighted by molar-refractivity contribution is 5.84. The summed E-state index contributed by atoms with van der Waals surface area (Å²) in [5.41, 5.74) is -0.954. The van der Waals surface area contributed by atoms with Crippen LogP contribution in [0.3, 0.4) is 0 Å². The molecule has 0 aromatic rings. The molecule has 0 saturated carbocycles. The molecule has 7 heteroatoms. The summed E-state index contributed by atoms with van der Waals surface area (Å²) in [5, 5.41) is 16.3. The zero-order valence-corrected chi connectivity index (χ0v) is 11.0. The van der Waals surface area contributed by atoms with Gasteiger partial charge in [-0.1, -0.05) is 13.8 Å². The average Bonchev–Trinajstić information content (AvgIpc) is 2.37. The zero-order valence-electron chi connectivity index (χ0n) is 11.0. The molecule has 18 heavy (non-hydrogen) atoms. The third kappa shape index (κ3) is 4.60. The first-order chi connectivity index (χ1) is 8.41. The van der Waals surface area contributed by atoms with E-state index in [4.69, 9.17) is 5.11 Å². The van der Waals surface area contributed by atoms with Crippen molar-refractivity contribution in [1.82, 2.24) is 16.0 Å². The van der Waals surface area contributed by atoms with Crippen LogP contribution in [0.15, 0.2) is 0 Å². The van der Waals surface area contributed by atoms with Gasteiger partial charge < -0.3 is 21.1 Å². The molecule has 0 radical (unpaired) electrons. The van der Waals surface area contributed by atoms with Gasteiger partial charge >= 0.3 is 12.0 Å². The number of hydrogen-bond acceptors (Lipinski definition) is 3. The predicted octanol–water partition coefficient (Wildman–Crippen LogP) is -0.0774. The molecule has 0 atom stereocenters. The maximum absolute atomic E-state index is 11.4. The third-order valence-electron chi connectivity index (χ3n) is 3.08. The van der Waals surface area contributed by atoms with Gasteiger partial charge in [0.1, 0.15) is 0 Å². The molecule has 3 amide bonds. The molecular formula is C11H21N3O4. The highest BCUT2D eigenvalue weighted by atomic mass is 16.4. The minimum Gasteiger partial charge on any atom is -0.481 e. The molecule has 0 heterocycles. The molecule has 0 unspecified atom stereocenters. The van der Waals surface area contributed by atoms with Crippen molar-refractivity contribution in [1.29, 1.82) is 0 Å². The molecule has 0 aromatic heterocycles. The van der Waals surface area contributed by atoms with Gasteiger partial charge in [-0.2, -0.15) is 0 Å². The predicted molar refractivity (Wildman–Crippen MR) is 66.1 cm³/mol. The Bertz CT molecular complexity index is 313. The summed E-state index contributed by atoms with van der Waals surface area (Å²) >= 11 is 0. The van der Waals surface area contributed by atoms with E-state index in [9.17, 15) is 14.4 Å². The third-order valence-corrected chi connectivity index (χ3v) is 3.08. The monoisotopic (exact) mass is 259 g/mol. The molecule has 0 aliphatic rings. The van der Waals surface area contributed by atoms with Gasteiger partial charge in [0.2, 0.25) is 5.91 Å². The number of amides is 3. The van der Waals surface area contributed by atoms with Crippen molar-refractivity contribution in [2.75, 3.05) is 20.1 Å². The lowest BCUT2D eigenvalue weighted by molar-refractivity contribution is -0.149. The van der Waals surface area contributed by atoms with Crippen molar-refractivity contribution in [3.05, 3.63) is 0 Å². The van der Waals surface area contributed by atoms with Gasteiger partial charge in [-0.15, -0.1) is 0 Å². The number of urea groups is 1. The van der Waals surface area contributed by atoms with E-state index in [2.05, 4.69) is 16.0 Å². The molecule has 0 saturated heterocycles. The molecular weight excluding hydrogens is 238 g/mol. The highest BCUT2D eigenvalue weighted by Gasteiger charge is 2.35. The van der Waals surface area contributed by atoms with Crippen molar-refractivity contribution in [2.45, 2.75) is 26.7 Å². The minimum atomic E-state index is -0.954. The molecule has 4 N–H and O–H groups in total. The number of aliphatic carboxylic acids is 1. The van der Waals surface area contributed by atoms with Crippen molar-refractivity contribution in [2.24, 2.45) is 5.41 Å². The van der Waals surface area contributed by atoms with Gasteiger partial charge in [-0.3, -0.25) is 9.59 Å². The zero-order chi connectivity index (χ0) is 14.2. The molecule has 104 valence electrons. The van der Waals surface area contributed by atoms with Gasteiger partial charge in [-0.05, 0) is 12.8 Å². The number of carbonyl (C=O) groups is 3. The maximum atomic E-state index is 11.4. The summed E-state index contributed by atoms with van der Waals surface area (Å²) in [4.78, 5) is 33.4. The van der Waals surface area contributed by atoms with Crippen LogP contribution in [-0.2, 0) is 9.59 Å². The number of rotatable bonds is 7. The molecule has 0 aliphatic heterocycles. The number of carboxylic acids is 1. The van der Waals surface area contributed by atoms with E-state index in [0.29, 0.717) is 12.8 Å². The average molecular weight is 259 g/mol. The first-order valence-corrected chi connectivity index (χ1v) is 5.87. The second-order valence-corrected chi connectivity index (χ2v) is 4.00. The van der Waals surface area contributed by atoms with Crippen molar-refractivity contribution in [3.8, 4) is 0 Å². The Labute approximate surface area is 106 Å². The summed E-state index contributed by atoms with van der Waals surface area (Å²) in [5.74, 6) is -1.25. The van der Waals surface area contributed by atoms with Gasteiger partial charge in [0.25, 0.3) is 0 Å². The molecule has 0 fully saturated rings. The molecule has 0 rings (SSSR count). The number of carboxylic acid groups (broad SMARTS) is 1. The van der Waals surface area contributed by atoms with Crippen LogP contribution in [-0.4, -0.2) is 43.2 Å². The van der Waals surface area contributed by atoms with E-state index < -0.39 is 17.4 Å². The fourth-order valence-electron chi connectivity index (χ4n) is 1.44. The largest absolute Gasteiger partial charge is 0.481 e. The number of carbonyl (C=O) groups excluding carboxylic acids is 2. The first-order valence-electron chi connectivity index (χ1n) is 5.87. The fraction of sp³-hybridized carbons (Fsp3) is 0.727. The number of hydrogen-bond donors (Lipinski definition) is 4. The lowest BCUT2D eigenvalue weighted by atomic mass is 9.82. The molecule has 0 bridgehead atoms. The Morgan fingerprint density at radius 1 is 1.11 bits per heavy atom. The minimum absolute atomic E-state index is 0.0366. The molecule has 7 nitrogen and oxygen atoms in total. The summed E-state index contributed by atoms with van der Waals surface area (Å²) < 4.78 is 0. The van der Waals surface area contributed by atoms with Gasteiger partial charge in [-0.25, -0.2) is 4.79 Å². The van der Waals surface area contributed by atoms with E-state index in [0.717, 1.165) is 0 Å². The van der Waals surface area contributed by atoms with Crippen LogP contribution >= 0.6 is 0 Å². The Morgan fingerprint density at radius 2 is 1.67 bits per heavy atom. The summed E-state index contributed by atoms with van der Waals surface area (Å²) in [6.07, 6.45) is 0.850. The van der Waals surface area contributed by atoms with Crippen molar-refractivity contribution in [3.63, 3.8) is 0 Å². The SMILES string of the molecule is CCC(CC)(CNC(=O)NCC(=O)NC)C(=O)O. The highest BCUT2D eigenvalue weighted by Crippen LogP contribution is 2.25. The second-order valence-electron chi connectivity index (χ2n) is 4.00. The van der Waals surface area contributed by atoms with Crippen LogP contribution in [0.4, 0.5) is 4.79 Å².